The maximum Gasteiger partial charge on any atom is 0.337 e. The van der Waals surface area contributed by atoms with Crippen molar-refractivity contribution < 1.29 is 19.4 Å². The second-order valence-electron chi connectivity index (χ2n) is 7.85. The minimum atomic E-state index is -0.378. The number of benzene rings is 2. The fraction of sp³-hybridized carbons (Fsp3) is 0.292. The Morgan fingerprint density at radius 3 is 2.56 bits per heavy atom. The first-order chi connectivity index (χ1) is 15.4. The number of nitrogens with zero attached hydrogens (tertiary/aromatic N) is 3. The van der Waals surface area contributed by atoms with Gasteiger partial charge in [0.1, 0.15) is 11.9 Å². The topological polar surface area (TPSA) is 111 Å². The van der Waals surface area contributed by atoms with E-state index in [9.17, 15) is 9.90 Å². The Hall–Kier alpha value is -3.65. The molecular formula is C24H26N4O4. The molecule has 4 rings (SSSR count). The lowest BCUT2D eigenvalue weighted by molar-refractivity contribution is -0.0372. The lowest BCUT2D eigenvalue weighted by atomic mass is 10.0. The van der Waals surface area contributed by atoms with E-state index >= 15 is 0 Å². The number of nitrogens with two attached hydrogens (primary N) is 1. The molecule has 166 valence electrons. The molecular weight excluding hydrogens is 408 g/mol. The Labute approximate surface area is 186 Å². The normalized spacial score (nSPS) is 20.7. The van der Waals surface area contributed by atoms with Crippen molar-refractivity contribution >= 4 is 17.5 Å². The highest BCUT2D eigenvalue weighted by atomic mass is 16.5. The molecule has 2 aromatic carbocycles. The number of hydrogen-bond donors (Lipinski definition) is 2. The second-order valence-corrected chi connectivity index (χ2v) is 7.85. The number of morpholine rings is 1. The van der Waals surface area contributed by atoms with Crippen LogP contribution in [-0.4, -0.2) is 47.1 Å². The molecule has 3 atom stereocenters. The monoisotopic (exact) mass is 434 g/mol. The number of ether oxygens (including phenoxy) is 2. The van der Waals surface area contributed by atoms with Crippen molar-refractivity contribution in [2.24, 2.45) is 0 Å². The number of methoxy groups -OCH3 is 1. The number of anilines is 2. The van der Waals surface area contributed by atoms with E-state index < -0.39 is 0 Å². The molecule has 1 aromatic heterocycles. The first-order valence-corrected chi connectivity index (χ1v) is 10.4. The molecule has 8 nitrogen and oxygen atoms in total. The number of nitrogen functional groups attached to an aromatic ring is 1. The number of aromatic nitrogens is 2. The van der Waals surface area contributed by atoms with Gasteiger partial charge in [-0.25, -0.2) is 4.79 Å². The van der Waals surface area contributed by atoms with Crippen LogP contribution in [0.3, 0.4) is 0 Å². The van der Waals surface area contributed by atoms with Gasteiger partial charge in [0.05, 0.1) is 36.2 Å². The molecule has 1 saturated heterocycles. The van der Waals surface area contributed by atoms with Crippen molar-refractivity contribution in [1.29, 1.82) is 0 Å². The molecule has 3 aromatic rings. The number of rotatable bonds is 4. The quantitative estimate of drug-likeness (QED) is 0.600. The van der Waals surface area contributed by atoms with Gasteiger partial charge in [0.15, 0.2) is 5.82 Å². The van der Waals surface area contributed by atoms with E-state index in [4.69, 9.17) is 15.2 Å². The molecule has 1 fully saturated rings. The predicted molar refractivity (Wildman–Crippen MR) is 121 cm³/mol. The average Bonchev–Trinajstić information content (AvgIpc) is 2.81. The number of hydrogen-bond acceptors (Lipinski definition) is 8. The highest BCUT2D eigenvalue weighted by Gasteiger charge is 2.34. The molecule has 0 saturated carbocycles. The Bertz CT molecular complexity index is 1120. The van der Waals surface area contributed by atoms with Gasteiger partial charge in [0.2, 0.25) is 0 Å². The molecule has 0 bridgehead atoms. The smallest absolute Gasteiger partial charge is 0.337 e. The van der Waals surface area contributed by atoms with Crippen LogP contribution in [-0.2, 0) is 9.47 Å². The zero-order chi connectivity index (χ0) is 22.8. The number of phenolic OH excluding ortho intramolecular Hbond substituents is 1. The molecule has 0 unspecified atom stereocenters. The Kier molecular flexibility index (Phi) is 5.96. The van der Waals surface area contributed by atoms with E-state index in [1.54, 1.807) is 30.3 Å². The number of para-hydroxylation sites is 1. The zero-order valence-electron chi connectivity index (χ0n) is 18.2. The van der Waals surface area contributed by atoms with Crippen LogP contribution >= 0.6 is 0 Å². The number of aromatic hydroxyl groups is 1. The van der Waals surface area contributed by atoms with Crippen LogP contribution in [0.1, 0.15) is 35.9 Å². The highest BCUT2D eigenvalue weighted by molar-refractivity contribution is 5.89. The zero-order valence-corrected chi connectivity index (χ0v) is 18.2. The van der Waals surface area contributed by atoms with Crippen LogP contribution in [0.2, 0.25) is 0 Å². The highest BCUT2D eigenvalue weighted by Crippen LogP contribution is 2.37. The first kappa shape index (κ1) is 21.6. The van der Waals surface area contributed by atoms with E-state index in [1.165, 1.54) is 7.11 Å². The molecule has 2 heterocycles. The lowest BCUT2D eigenvalue weighted by Crippen LogP contribution is -2.50. The van der Waals surface area contributed by atoms with Crippen molar-refractivity contribution in [1.82, 2.24) is 10.2 Å². The maximum atomic E-state index is 11.7. The largest absolute Gasteiger partial charge is 0.507 e. The maximum absolute atomic E-state index is 11.7. The summed E-state index contributed by atoms with van der Waals surface area (Å²) in [5.74, 6) is 0.0615. The number of carbonyl (C=O) groups excluding carboxylic acids is 1. The number of carbonyl (C=O) groups is 1. The molecule has 0 radical (unpaired) electrons. The van der Waals surface area contributed by atoms with Gasteiger partial charge in [-0.3, -0.25) is 0 Å². The fourth-order valence-electron chi connectivity index (χ4n) is 3.91. The summed E-state index contributed by atoms with van der Waals surface area (Å²) in [6.07, 6.45) is -0.316. The van der Waals surface area contributed by atoms with Gasteiger partial charge < -0.3 is 25.2 Å². The van der Waals surface area contributed by atoms with Gasteiger partial charge in [0.25, 0.3) is 0 Å². The van der Waals surface area contributed by atoms with Crippen molar-refractivity contribution in [3.63, 3.8) is 0 Å². The minimum Gasteiger partial charge on any atom is -0.507 e. The standard InChI is InChI=1S/C24H26N4O4/c1-14-15(2)32-22(16-8-10-17(11-9-16)24(30)31-3)13-28(14)20-12-19(26-27-23(20)25)18-6-4-5-7-21(18)29/h4-12,14-15,22,29H,13H2,1-3H3,(H2,25,27)/t14-,15+,22+/m0/s1. The second kappa shape index (κ2) is 8.84. The van der Waals surface area contributed by atoms with Crippen LogP contribution in [0.25, 0.3) is 11.3 Å². The van der Waals surface area contributed by atoms with Crippen LogP contribution in [0.4, 0.5) is 11.5 Å². The van der Waals surface area contributed by atoms with E-state index in [-0.39, 0.29) is 30.0 Å². The first-order valence-electron chi connectivity index (χ1n) is 10.4. The summed E-state index contributed by atoms with van der Waals surface area (Å²) >= 11 is 0. The van der Waals surface area contributed by atoms with Crippen molar-refractivity contribution in [3.8, 4) is 17.0 Å². The van der Waals surface area contributed by atoms with Crippen molar-refractivity contribution in [2.45, 2.75) is 32.1 Å². The lowest BCUT2D eigenvalue weighted by Gasteiger charge is -2.43. The van der Waals surface area contributed by atoms with Crippen molar-refractivity contribution in [3.05, 3.63) is 65.7 Å². The molecule has 3 N–H and O–H groups in total. The Morgan fingerprint density at radius 2 is 1.88 bits per heavy atom. The molecule has 8 heteroatoms. The predicted octanol–water partition coefficient (Wildman–Crippen LogP) is 3.57. The summed E-state index contributed by atoms with van der Waals surface area (Å²) in [6.45, 7) is 4.63. The van der Waals surface area contributed by atoms with Crippen LogP contribution in [0.5, 0.6) is 5.75 Å². The Morgan fingerprint density at radius 1 is 1.16 bits per heavy atom. The molecule has 32 heavy (non-hydrogen) atoms. The van der Waals surface area contributed by atoms with Gasteiger partial charge in [-0.15, -0.1) is 10.2 Å². The van der Waals surface area contributed by atoms with Gasteiger partial charge in [-0.05, 0) is 49.7 Å². The third kappa shape index (κ3) is 4.09. The number of esters is 1. The summed E-state index contributed by atoms with van der Waals surface area (Å²) in [4.78, 5) is 13.9. The molecule has 1 aliphatic rings. The fourth-order valence-corrected chi connectivity index (χ4v) is 3.91. The van der Waals surface area contributed by atoms with Crippen molar-refractivity contribution in [2.75, 3.05) is 24.3 Å². The van der Waals surface area contributed by atoms with Gasteiger partial charge in [0, 0.05) is 12.1 Å². The summed E-state index contributed by atoms with van der Waals surface area (Å²) in [7, 11) is 1.36. The SMILES string of the molecule is COC(=O)c1ccc([C@H]2CN(c3cc(-c4ccccc4O)nnc3N)[C@@H](C)[C@@H](C)O2)cc1. The van der Waals surface area contributed by atoms with E-state index in [1.807, 2.05) is 31.2 Å². The summed E-state index contributed by atoms with van der Waals surface area (Å²) in [6, 6.07) is 16.1. The number of phenols is 1. The third-order valence-corrected chi connectivity index (χ3v) is 5.91. The average molecular weight is 434 g/mol. The van der Waals surface area contributed by atoms with Gasteiger partial charge >= 0.3 is 5.97 Å². The van der Waals surface area contributed by atoms with Crippen LogP contribution in [0, 0.1) is 0 Å². The summed E-state index contributed by atoms with van der Waals surface area (Å²) in [5, 5.41) is 18.6. The van der Waals surface area contributed by atoms with E-state index in [0.29, 0.717) is 29.2 Å². The Balaban J connectivity index is 1.66. The summed E-state index contributed by atoms with van der Waals surface area (Å²) < 4.78 is 11.0. The summed E-state index contributed by atoms with van der Waals surface area (Å²) in [5.41, 5.74) is 9.52. The molecule has 0 amide bonds. The van der Waals surface area contributed by atoms with Crippen LogP contribution in [0.15, 0.2) is 54.6 Å². The van der Waals surface area contributed by atoms with Gasteiger partial charge in [-0.2, -0.15) is 0 Å². The molecule has 0 spiro atoms. The van der Waals surface area contributed by atoms with E-state index in [2.05, 4.69) is 22.0 Å². The minimum absolute atomic E-state index is 0.0318. The third-order valence-electron chi connectivity index (χ3n) is 5.91. The molecule has 0 aliphatic carbocycles. The van der Waals surface area contributed by atoms with Gasteiger partial charge in [-0.1, -0.05) is 24.3 Å². The molecule has 1 aliphatic heterocycles. The van der Waals surface area contributed by atoms with Crippen LogP contribution < -0.4 is 10.6 Å². The van der Waals surface area contributed by atoms with E-state index in [0.717, 1.165) is 11.3 Å².